The summed E-state index contributed by atoms with van der Waals surface area (Å²) in [4.78, 5) is 2.81. The number of nitrogens with one attached hydrogen (secondary N) is 1. The van der Waals surface area contributed by atoms with Gasteiger partial charge in [-0.2, -0.15) is 0 Å². The third kappa shape index (κ3) is 2.62. The zero-order valence-corrected chi connectivity index (χ0v) is 11.8. The molecule has 1 aromatic heterocycles. The van der Waals surface area contributed by atoms with E-state index in [4.69, 9.17) is 17.0 Å². The van der Waals surface area contributed by atoms with Gasteiger partial charge in [-0.25, -0.2) is 8.78 Å². The molecular formula is C14H16F2N2OS. The molecule has 2 aromatic rings. The summed E-state index contributed by atoms with van der Waals surface area (Å²) in [7, 11) is 0. The average molecular weight is 298 g/mol. The summed E-state index contributed by atoms with van der Waals surface area (Å²) in [6, 6.07) is 2.18. The molecule has 1 saturated heterocycles. The second-order valence-corrected chi connectivity index (χ2v) is 5.53. The highest BCUT2D eigenvalue weighted by molar-refractivity contribution is 7.71. The monoisotopic (exact) mass is 298 g/mol. The lowest BCUT2D eigenvalue weighted by molar-refractivity contribution is 0.00892. The fourth-order valence-corrected chi connectivity index (χ4v) is 3.00. The Kier molecular flexibility index (Phi) is 3.85. The van der Waals surface area contributed by atoms with E-state index in [-0.39, 0.29) is 11.6 Å². The van der Waals surface area contributed by atoms with Crippen LogP contribution in [0.1, 0.15) is 25.7 Å². The summed E-state index contributed by atoms with van der Waals surface area (Å²) < 4.78 is 34.9. The van der Waals surface area contributed by atoms with Gasteiger partial charge in [-0.1, -0.05) is 0 Å². The Labute approximate surface area is 120 Å². The Morgan fingerprint density at radius 2 is 2.20 bits per heavy atom. The molecule has 0 saturated carbocycles. The molecule has 3 nitrogen and oxygen atoms in total. The molecule has 1 aliphatic heterocycles. The van der Waals surface area contributed by atoms with Crippen LogP contribution < -0.4 is 0 Å². The van der Waals surface area contributed by atoms with Crippen molar-refractivity contribution in [2.75, 3.05) is 6.61 Å². The zero-order chi connectivity index (χ0) is 14.1. The van der Waals surface area contributed by atoms with Gasteiger partial charge in [-0.05, 0) is 44.0 Å². The number of hydrogen-bond donors (Lipinski definition) is 1. The summed E-state index contributed by atoms with van der Waals surface area (Å²) >= 11 is 5.20. The number of aromatic amines is 1. The first kappa shape index (κ1) is 13.7. The van der Waals surface area contributed by atoms with Gasteiger partial charge in [-0.3, -0.25) is 0 Å². The van der Waals surface area contributed by atoms with E-state index in [1.807, 2.05) is 0 Å². The van der Waals surface area contributed by atoms with Crippen LogP contribution in [0.25, 0.3) is 11.0 Å². The first-order valence-electron chi connectivity index (χ1n) is 6.84. The largest absolute Gasteiger partial charge is 0.378 e. The van der Waals surface area contributed by atoms with Crippen molar-refractivity contribution in [3.8, 4) is 0 Å². The molecule has 1 N–H and O–H groups in total. The van der Waals surface area contributed by atoms with Crippen molar-refractivity contribution < 1.29 is 13.5 Å². The Bertz CT molecular complexity index is 674. The average Bonchev–Trinajstić information content (AvgIpc) is 2.74. The van der Waals surface area contributed by atoms with Gasteiger partial charge in [0.15, 0.2) is 10.6 Å². The van der Waals surface area contributed by atoms with Crippen molar-refractivity contribution in [3.63, 3.8) is 0 Å². The number of benzene rings is 1. The molecule has 2 heterocycles. The molecule has 6 heteroatoms. The fraction of sp³-hybridized carbons (Fsp3) is 0.500. The standard InChI is InChI=1S/C14H16F2N2OS/c15-9-7-11(16)13-12(8-9)18(14(20)17-13)5-4-10-3-1-2-6-19-10/h7-8,10H,1-6H2,(H,17,20). The number of rotatable bonds is 3. The molecule has 0 spiro atoms. The van der Waals surface area contributed by atoms with Crippen LogP contribution in [0.2, 0.25) is 0 Å². The second-order valence-electron chi connectivity index (χ2n) is 5.14. The Morgan fingerprint density at radius 1 is 1.35 bits per heavy atom. The molecular weight excluding hydrogens is 282 g/mol. The Hall–Kier alpha value is -1.27. The van der Waals surface area contributed by atoms with E-state index in [0.29, 0.717) is 16.8 Å². The van der Waals surface area contributed by atoms with Crippen LogP contribution in [-0.2, 0) is 11.3 Å². The van der Waals surface area contributed by atoms with E-state index < -0.39 is 11.6 Å². The number of aryl methyl sites for hydroxylation is 1. The minimum absolute atomic E-state index is 0.217. The molecule has 20 heavy (non-hydrogen) atoms. The van der Waals surface area contributed by atoms with Crippen molar-refractivity contribution in [1.29, 1.82) is 0 Å². The molecule has 1 unspecified atom stereocenters. The Balaban J connectivity index is 1.87. The van der Waals surface area contributed by atoms with Gasteiger partial charge in [0, 0.05) is 19.2 Å². The molecule has 1 atom stereocenters. The van der Waals surface area contributed by atoms with E-state index in [1.165, 1.54) is 12.5 Å². The van der Waals surface area contributed by atoms with Crippen LogP contribution in [-0.4, -0.2) is 22.3 Å². The molecule has 1 aliphatic rings. The van der Waals surface area contributed by atoms with Crippen LogP contribution in [0.3, 0.4) is 0 Å². The number of halogens is 2. The maximum absolute atomic E-state index is 13.7. The molecule has 1 aromatic carbocycles. The van der Waals surface area contributed by atoms with Crippen LogP contribution in [0.15, 0.2) is 12.1 Å². The first-order chi connectivity index (χ1) is 9.65. The smallest absolute Gasteiger partial charge is 0.178 e. The quantitative estimate of drug-likeness (QED) is 0.870. The topological polar surface area (TPSA) is 29.9 Å². The number of aromatic nitrogens is 2. The SMILES string of the molecule is Fc1cc(F)c2[nH]c(=S)n(CCC3CCCCO3)c2c1. The lowest BCUT2D eigenvalue weighted by atomic mass is 10.1. The number of H-pyrrole nitrogens is 1. The third-order valence-corrected chi connectivity index (χ3v) is 4.07. The fourth-order valence-electron chi connectivity index (χ4n) is 2.71. The zero-order valence-electron chi connectivity index (χ0n) is 11.0. The van der Waals surface area contributed by atoms with Gasteiger partial charge in [0.2, 0.25) is 0 Å². The van der Waals surface area contributed by atoms with Crippen LogP contribution in [0.5, 0.6) is 0 Å². The summed E-state index contributed by atoms with van der Waals surface area (Å²) in [5.41, 5.74) is 0.740. The lowest BCUT2D eigenvalue weighted by Gasteiger charge is -2.22. The van der Waals surface area contributed by atoms with E-state index in [2.05, 4.69) is 4.98 Å². The normalized spacial score (nSPS) is 19.6. The number of hydrogen-bond acceptors (Lipinski definition) is 2. The number of nitrogens with zero attached hydrogens (tertiary/aromatic N) is 1. The minimum atomic E-state index is -0.612. The second kappa shape index (κ2) is 5.61. The predicted molar refractivity (Wildman–Crippen MR) is 75.2 cm³/mol. The molecule has 1 fully saturated rings. The van der Waals surface area contributed by atoms with E-state index in [1.54, 1.807) is 4.57 Å². The van der Waals surface area contributed by atoms with Crippen molar-refractivity contribution in [2.24, 2.45) is 0 Å². The van der Waals surface area contributed by atoms with Crippen LogP contribution in [0, 0.1) is 16.4 Å². The van der Waals surface area contributed by atoms with Crippen molar-refractivity contribution in [1.82, 2.24) is 9.55 Å². The lowest BCUT2D eigenvalue weighted by Crippen LogP contribution is -2.20. The van der Waals surface area contributed by atoms with Gasteiger partial charge in [-0.15, -0.1) is 0 Å². The third-order valence-electron chi connectivity index (χ3n) is 3.75. The number of fused-ring (bicyclic) bond motifs is 1. The Morgan fingerprint density at radius 3 is 2.95 bits per heavy atom. The van der Waals surface area contributed by atoms with Crippen molar-refractivity contribution >= 4 is 23.3 Å². The van der Waals surface area contributed by atoms with Gasteiger partial charge in [0.1, 0.15) is 11.3 Å². The van der Waals surface area contributed by atoms with Crippen molar-refractivity contribution in [3.05, 3.63) is 28.5 Å². The summed E-state index contributed by atoms with van der Waals surface area (Å²) in [5.74, 6) is -1.20. The maximum atomic E-state index is 13.7. The molecule has 3 rings (SSSR count). The highest BCUT2D eigenvalue weighted by Crippen LogP contribution is 2.22. The number of imidazole rings is 1. The summed E-state index contributed by atoms with van der Waals surface area (Å²) in [6.45, 7) is 1.40. The van der Waals surface area contributed by atoms with Gasteiger partial charge < -0.3 is 14.3 Å². The van der Waals surface area contributed by atoms with Gasteiger partial charge in [0.25, 0.3) is 0 Å². The van der Waals surface area contributed by atoms with Gasteiger partial charge >= 0.3 is 0 Å². The van der Waals surface area contributed by atoms with Gasteiger partial charge in [0.05, 0.1) is 11.6 Å². The maximum Gasteiger partial charge on any atom is 0.178 e. The number of ether oxygens (including phenoxy) is 1. The highest BCUT2D eigenvalue weighted by Gasteiger charge is 2.16. The summed E-state index contributed by atoms with van der Waals surface area (Å²) in [5, 5.41) is 0. The van der Waals surface area contributed by atoms with E-state index >= 15 is 0 Å². The van der Waals surface area contributed by atoms with E-state index in [0.717, 1.165) is 31.9 Å². The van der Waals surface area contributed by atoms with Crippen LogP contribution in [0.4, 0.5) is 8.78 Å². The van der Waals surface area contributed by atoms with E-state index in [9.17, 15) is 8.78 Å². The van der Waals surface area contributed by atoms with Crippen LogP contribution >= 0.6 is 12.2 Å². The predicted octanol–water partition coefficient (Wildman–Crippen LogP) is 3.94. The molecule has 0 radical (unpaired) electrons. The molecule has 108 valence electrons. The van der Waals surface area contributed by atoms with Crippen molar-refractivity contribution in [2.45, 2.75) is 38.3 Å². The minimum Gasteiger partial charge on any atom is -0.378 e. The highest BCUT2D eigenvalue weighted by atomic mass is 32.1. The molecule has 0 bridgehead atoms. The molecule has 0 amide bonds. The first-order valence-corrected chi connectivity index (χ1v) is 7.25. The molecule has 0 aliphatic carbocycles. The summed E-state index contributed by atoms with van der Waals surface area (Å²) in [6.07, 6.45) is 4.35.